The lowest BCUT2D eigenvalue weighted by Gasteiger charge is -2.33. The van der Waals surface area contributed by atoms with Gasteiger partial charge in [0.05, 0.1) is 7.11 Å². The molecule has 0 aromatic heterocycles. The Kier molecular flexibility index (Phi) is 5.25. The number of rotatable bonds is 5. The summed E-state index contributed by atoms with van der Waals surface area (Å²) in [6.45, 7) is 0.0457. The third-order valence-corrected chi connectivity index (χ3v) is 7.07. The molecular formula is C21H20ClNO4S. The van der Waals surface area contributed by atoms with Gasteiger partial charge in [-0.2, -0.15) is 0 Å². The number of fused-ring (bicyclic) bond motifs is 1. The van der Waals surface area contributed by atoms with Crippen molar-refractivity contribution in [2.45, 2.75) is 30.4 Å². The molecule has 0 saturated carbocycles. The molecule has 2 aliphatic rings. The Labute approximate surface area is 172 Å². The van der Waals surface area contributed by atoms with Crippen LogP contribution in [0.25, 0.3) is 0 Å². The fraction of sp³-hybridized carbons (Fsp3) is 0.333. The van der Waals surface area contributed by atoms with Gasteiger partial charge < -0.3 is 14.4 Å². The van der Waals surface area contributed by atoms with Crippen LogP contribution in [-0.4, -0.2) is 35.7 Å². The molecule has 7 heteroatoms. The molecule has 0 N–H and O–H groups in total. The van der Waals surface area contributed by atoms with Gasteiger partial charge in [0.15, 0.2) is 0 Å². The smallest absolute Gasteiger partial charge is 0.330 e. The first-order valence-corrected chi connectivity index (χ1v) is 10.4. The van der Waals surface area contributed by atoms with Crippen molar-refractivity contribution < 1.29 is 19.1 Å². The maximum atomic E-state index is 12.9. The van der Waals surface area contributed by atoms with Crippen molar-refractivity contribution in [1.29, 1.82) is 0 Å². The maximum Gasteiger partial charge on any atom is 0.330 e. The van der Waals surface area contributed by atoms with Crippen LogP contribution in [0.3, 0.4) is 0 Å². The summed E-state index contributed by atoms with van der Waals surface area (Å²) in [4.78, 5) is 26.7. The zero-order valence-corrected chi connectivity index (χ0v) is 17.0. The van der Waals surface area contributed by atoms with E-state index in [1.807, 2.05) is 30.3 Å². The topological polar surface area (TPSA) is 55.8 Å². The second kappa shape index (κ2) is 7.68. The quantitative estimate of drug-likeness (QED) is 0.688. The number of thioether (sulfide) groups is 1. The number of ether oxygens (including phenoxy) is 2. The molecule has 0 unspecified atom stereocenters. The van der Waals surface area contributed by atoms with Crippen LogP contribution in [0, 0.1) is 0 Å². The van der Waals surface area contributed by atoms with Crippen molar-refractivity contribution in [3.63, 3.8) is 0 Å². The summed E-state index contributed by atoms with van der Waals surface area (Å²) in [7, 11) is 1.55. The summed E-state index contributed by atoms with van der Waals surface area (Å²) in [5.41, 5.74) is 1.74. The van der Waals surface area contributed by atoms with Crippen molar-refractivity contribution in [3.05, 3.63) is 64.7 Å². The lowest BCUT2D eigenvalue weighted by Crippen LogP contribution is -2.46. The molecule has 0 aliphatic carbocycles. The first kappa shape index (κ1) is 19.2. The van der Waals surface area contributed by atoms with Crippen LogP contribution >= 0.6 is 23.4 Å². The van der Waals surface area contributed by atoms with Crippen LogP contribution < -0.4 is 4.74 Å². The zero-order valence-electron chi connectivity index (χ0n) is 15.4. The molecule has 0 radical (unpaired) electrons. The van der Waals surface area contributed by atoms with E-state index in [9.17, 15) is 9.59 Å². The van der Waals surface area contributed by atoms with E-state index in [2.05, 4.69) is 0 Å². The van der Waals surface area contributed by atoms with E-state index < -0.39 is 16.9 Å². The van der Waals surface area contributed by atoms with Crippen LogP contribution in [-0.2, 0) is 25.8 Å². The highest BCUT2D eigenvalue weighted by Gasteiger charge is 2.57. The van der Waals surface area contributed by atoms with Gasteiger partial charge >= 0.3 is 5.97 Å². The number of hydrogen-bond acceptors (Lipinski definition) is 5. The van der Waals surface area contributed by atoms with Crippen LogP contribution in [0.1, 0.15) is 24.0 Å². The van der Waals surface area contributed by atoms with E-state index in [0.29, 0.717) is 34.9 Å². The molecule has 0 bridgehead atoms. The number of carbonyl (C=O) groups is 2. The molecule has 2 aromatic rings. The highest BCUT2D eigenvalue weighted by Crippen LogP contribution is 2.54. The largest absolute Gasteiger partial charge is 0.496 e. The van der Waals surface area contributed by atoms with Crippen molar-refractivity contribution in [1.82, 2.24) is 4.90 Å². The van der Waals surface area contributed by atoms with Crippen LogP contribution in [0.4, 0.5) is 0 Å². The van der Waals surface area contributed by atoms with E-state index in [1.54, 1.807) is 42.0 Å². The number of amides is 1. The van der Waals surface area contributed by atoms with Gasteiger partial charge in [-0.1, -0.05) is 41.9 Å². The Hall–Kier alpha value is -2.18. The predicted octanol–water partition coefficient (Wildman–Crippen LogP) is 3.98. The number of nitrogens with zero attached hydrogens (tertiary/aromatic N) is 1. The molecule has 146 valence electrons. The molecular weight excluding hydrogens is 398 g/mol. The minimum absolute atomic E-state index is 0.00357. The summed E-state index contributed by atoms with van der Waals surface area (Å²) < 4.78 is 10.9. The number of benzene rings is 2. The SMILES string of the molecule is COc1ccc(Cl)cc1COC(=O)[C@@H]1CS[C@]2(c3ccccc3)CCC(=O)N12. The second-order valence-corrected chi connectivity index (χ2v) is 8.54. The molecule has 1 amide bonds. The Morgan fingerprint density at radius 2 is 2.07 bits per heavy atom. The average molecular weight is 418 g/mol. The van der Waals surface area contributed by atoms with E-state index in [0.717, 1.165) is 5.56 Å². The van der Waals surface area contributed by atoms with Crippen molar-refractivity contribution in [3.8, 4) is 5.75 Å². The second-order valence-electron chi connectivity index (χ2n) is 6.80. The van der Waals surface area contributed by atoms with Gasteiger partial charge in [0.25, 0.3) is 0 Å². The van der Waals surface area contributed by atoms with Gasteiger partial charge in [0, 0.05) is 22.8 Å². The number of methoxy groups -OCH3 is 1. The lowest BCUT2D eigenvalue weighted by atomic mass is 10.0. The van der Waals surface area contributed by atoms with Gasteiger partial charge in [-0.3, -0.25) is 4.79 Å². The first-order chi connectivity index (χ1) is 13.5. The van der Waals surface area contributed by atoms with Crippen molar-refractivity contribution in [2.24, 2.45) is 0 Å². The highest BCUT2D eigenvalue weighted by atomic mass is 35.5. The monoisotopic (exact) mass is 417 g/mol. The van der Waals surface area contributed by atoms with E-state index in [4.69, 9.17) is 21.1 Å². The summed E-state index contributed by atoms with van der Waals surface area (Å²) in [6, 6.07) is 14.5. The molecule has 2 fully saturated rings. The van der Waals surface area contributed by atoms with E-state index in [-0.39, 0.29) is 12.5 Å². The standard InChI is InChI=1S/C21H20ClNO4S/c1-26-18-8-7-16(22)11-14(18)12-27-20(25)17-13-28-21(10-9-19(24)23(17)21)15-5-3-2-4-6-15/h2-8,11,17H,9-10,12-13H2,1H3/t17-,21-/m0/s1. The van der Waals surface area contributed by atoms with Gasteiger partial charge in [0.2, 0.25) is 5.91 Å². The van der Waals surface area contributed by atoms with Crippen LogP contribution in [0.5, 0.6) is 5.75 Å². The van der Waals surface area contributed by atoms with Gasteiger partial charge in [-0.05, 0) is 30.2 Å². The van der Waals surface area contributed by atoms with Crippen molar-refractivity contribution in [2.75, 3.05) is 12.9 Å². The molecule has 2 saturated heterocycles. The Balaban J connectivity index is 1.53. The molecule has 28 heavy (non-hydrogen) atoms. The van der Waals surface area contributed by atoms with E-state index >= 15 is 0 Å². The Morgan fingerprint density at radius 1 is 1.29 bits per heavy atom. The fourth-order valence-corrected chi connectivity index (χ4v) is 5.75. The molecule has 2 atom stereocenters. The molecule has 0 spiro atoms. The third-order valence-electron chi connectivity index (χ3n) is 5.24. The molecule has 2 aromatic carbocycles. The fourth-order valence-electron chi connectivity index (χ4n) is 3.92. The number of halogens is 1. The number of esters is 1. The molecule has 2 aliphatic heterocycles. The summed E-state index contributed by atoms with van der Waals surface area (Å²) >= 11 is 7.69. The summed E-state index contributed by atoms with van der Waals surface area (Å²) in [6.07, 6.45) is 1.14. The maximum absolute atomic E-state index is 12.9. The lowest BCUT2D eigenvalue weighted by molar-refractivity contribution is -0.155. The average Bonchev–Trinajstić information content (AvgIpc) is 3.26. The molecule has 5 nitrogen and oxygen atoms in total. The normalized spacial score (nSPS) is 23.6. The minimum atomic E-state index is -0.592. The zero-order chi connectivity index (χ0) is 19.7. The van der Waals surface area contributed by atoms with Crippen LogP contribution in [0.15, 0.2) is 48.5 Å². The van der Waals surface area contributed by atoms with E-state index in [1.165, 1.54) is 0 Å². The van der Waals surface area contributed by atoms with Crippen molar-refractivity contribution >= 4 is 35.2 Å². The predicted molar refractivity (Wildman–Crippen MR) is 108 cm³/mol. The third kappa shape index (κ3) is 3.25. The van der Waals surface area contributed by atoms with Gasteiger partial charge in [0.1, 0.15) is 23.3 Å². The van der Waals surface area contributed by atoms with Gasteiger partial charge in [-0.25, -0.2) is 4.79 Å². The molecule has 2 heterocycles. The summed E-state index contributed by atoms with van der Waals surface area (Å²) in [5, 5.41) is 0.543. The molecule has 4 rings (SSSR count). The van der Waals surface area contributed by atoms with Gasteiger partial charge in [-0.15, -0.1) is 11.8 Å². The Morgan fingerprint density at radius 3 is 2.82 bits per heavy atom. The highest BCUT2D eigenvalue weighted by molar-refractivity contribution is 8.00. The number of hydrogen-bond donors (Lipinski definition) is 0. The van der Waals surface area contributed by atoms with Crippen LogP contribution in [0.2, 0.25) is 5.02 Å². The number of carbonyl (C=O) groups excluding carboxylic acids is 2. The first-order valence-electron chi connectivity index (χ1n) is 9.06. The minimum Gasteiger partial charge on any atom is -0.496 e. The Bertz CT molecular complexity index is 907. The summed E-state index contributed by atoms with van der Waals surface area (Å²) in [5.74, 6) is 0.721.